The van der Waals surface area contributed by atoms with Crippen molar-refractivity contribution in [1.29, 1.82) is 0 Å². The van der Waals surface area contributed by atoms with E-state index in [-0.39, 0.29) is 0 Å². The molecule has 0 unspecified atom stereocenters. The van der Waals surface area contributed by atoms with Gasteiger partial charge in [0.2, 0.25) is 0 Å². The van der Waals surface area contributed by atoms with Gasteiger partial charge in [0.25, 0.3) is 0 Å². The van der Waals surface area contributed by atoms with Crippen molar-refractivity contribution in [1.82, 2.24) is 0 Å². The average molecular weight is 245 g/mol. The normalized spacial score (nSPS) is 10.8. The van der Waals surface area contributed by atoms with Crippen LogP contribution in [-0.2, 0) is 0 Å². The molecular formula is C14H9ClS. The second kappa shape index (κ2) is 3.93. The largest absolute Gasteiger partial charge is 0.143 e. The summed E-state index contributed by atoms with van der Waals surface area (Å²) in [5.41, 5.74) is 2.51. The van der Waals surface area contributed by atoms with E-state index in [9.17, 15) is 0 Å². The fourth-order valence-corrected chi connectivity index (χ4v) is 2.93. The first-order valence-corrected chi connectivity index (χ1v) is 6.32. The zero-order valence-electron chi connectivity index (χ0n) is 8.48. The fourth-order valence-electron chi connectivity index (χ4n) is 1.83. The van der Waals surface area contributed by atoms with Gasteiger partial charge in [-0.2, -0.15) is 0 Å². The Morgan fingerprint density at radius 1 is 0.875 bits per heavy atom. The van der Waals surface area contributed by atoms with Gasteiger partial charge in [0, 0.05) is 20.7 Å². The third kappa shape index (κ3) is 1.62. The summed E-state index contributed by atoms with van der Waals surface area (Å²) in [6, 6.07) is 16.5. The number of hydrogen-bond acceptors (Lipinski definition) is 1. The van der Waals surface area contributed by atoms with Crippen LogP contribution in [0.3, 0.4) is 0 Å². The number of thiophene rings is 1. The second-order valence-corrected chi connectivity index (χ2v) is 5.00. The summed E-state index contributed by atoms with van der Waals surface area (Å²) in [5.74, 6) is 0. The molecular weight excluding hydrogens is 236 g/mol. The monoisotopic (exact) mass is 244 g/mol. The highest BCUT2D eigenvalue weighted by Crippen LogP contribution is 2.33. The lowest BCUT2D eigenvalue weighted by Crippen LogP contribution is -1.74. The standard InChI is InChI=1S/C14H9ClS/c15-11-7-5-10(6-8-11)13-9-16-14-4-2-1-3-12(13)14/h1-9H. The molecule has 1 heterocycles. The molecule has 0 fully saturated rings. The summed E-state index contributed by atoms with van der Waals surface area (Å²) < 4.78 is 1.33. The van der Waals surface area contributed by atoms with Crippen molar-refractivity contribution in [2.45, 2.75) is 0 Å². The number of halogens is 1. The van der Waals surface area contributed by atoms with Crippen LogP contribution in [0.25, 0.3) is 21.2 Å². The van der Waals surface area contributed by atoms with Crippen LogP contribution in [0.15, 0.2) is 53.9 Å². The van der Waals surface area contributed by atoms with Crippen LogP contribution in [0.4, 0.5) is 0 Å². The third-order valence-corrected chi connectivity index (χ3v) is 3.85. The molecule has 0 aliphatic rings. The van der Waals surface area contributed by atoms with E-state index in [4.69, 9.17) is 11.6 Å². The van der Waals surface area contributed by atoms with Crippen molar-refractivity contribution in [3.05, 3.63) is 58.9 Å². The first kappa shape index (κ1) is 9.88. The van der Waals surface area contributed by atoms with Crippen LogP contribution in [0, 0.1) is 0 Å². The molecule has 3 rings (SSSR count). The average Bonchev–Trinajstić information content (AvgIpc) is 2.74. The first-order valence-electron chi connectivity index (χ1n) is 5.07. The van der Waals surface area contributed by atoms with Crippen molar-refractivity contribution in [3.8, 4) is 11.1 Å². The molecule has 0 aliphatic carbocycles. The smallest absolute Gasteiger partial charge is 0.0406 e. The van der Waals surface area contributed by atoms with Crippen LogP contribution < -0.4 is 0 Å². The van der Waals surface area contributed by atoms with E-state index in [1.807, 2.05) is 12.1 Å². The van der Waals surface area contributed by atoms with E-state index in [0.717, 1.165) is 5.02 Å². The van der Waals surface area contributed by atoms with Gasteiger partial charge in [0.05, 0.1) is 0 Å². The Hall–Kier alpha value is -1.31. The molecule has 0 amide bonds. The van der Waals surface area contributed by atoms with Gasteiger partial charge in [0.15, 0.2) is 0 Å². The van der Waals surface area contributed by atoms with E-state index in [1.165, 1.54) is 21.2 Å². The van der Waals surface area contributed by atoms with Crippen molar-refractivity contribution < 1.29 is 0 Å². The fraction of sp³-hybridized carbons (Fsp3) is 0. The minimum absolute atomic E-state index is 0.781. The molecule has 0 saturated heterocycles. The lowest BCUT2D eigenvalue weighted by Gasteiger charge is -1.99. The Kier molecular flexibility index (Phi) is 2.43. The molecule has 0 radical (unpaired) electrons. The van der Waals surface area contributed by atoms with E-state index in [0.29, 0.717) is 0 Å². The van der Waals surface area contributed by atoms with Gasteiger partial charge in [0.1, 0.15) is 0 Å². The van der Waals surface area contributed by atoms with Gasteiger partial charge < -0.3 is 0 Å². The van der Waals surface area contributed by atoms with Gasteiger partial charge in [-0.25, -0.2) is 0 Å². The Morgan fingerprint density at radius 3 is 2.44 bits per heavy atom. The summed E-state index contributed by atoms with van der Waals surface area (Å²) >= 11 is 7.67. The summed E-state index contributed by atoms with van der Waals surface area (Å²) in [7, 11) is 0. The molecule has 2 aromatic carbocycles. The third-order valence-electron chi connectivity index (χ3n) is 2.64. The van der Waals surface area contributed by atoms with E-state index >= 15 is 0 Å². The SMILES string of the molecule is Clc1ccc(-c2csc3ccccc23)cc1. The molecule has 16 heavy (non-hydrogen) atoms. The second-order valence-electron chi connectivity index (χ2n) is 3.65. The first-order chi connectivity index (χ1) is 7.84. The maximum Gasteiger partial charge on any atom is 0.0406 e. The molecule has 0 nitrogen and oxygen atoms in total. The van der Waals surface area contributed by atoms with Crippen molar-refractivity contribution in [2.75, 3.05) is 0 Å². The Morgan fingerprint density at radius 2 is 1.62 bits per heavy atom. The molecule has 0 saturated carbocycles. The van der Waals surface area contributed by atoms with Crippen LogP contribution in [0.2, 0.25) is 5.02 Å². The topological polar surface area (TPSA) is 0 Å². The van der Waals surface area contributed by atoms with Crippen molar-refractivity contribution in [2.24, 2.45) is 0 Å². The predicted molar refractivity (Wildman–Crippen MR) is 72.3 cm³/mol. The summed E-state index contributed by atoms with van der Waals surface area (Å²) in [6.07, 6.45) is 0. The maximum absolute atomic E-state index is 5.89. The van der Waals surface area contributed by atoms with Gasteiger partial charge in [-0.05, 0) is 29.1 Å². The molecule has 1 aromatic heterocycles. The molecule has 2 heteroatoms. The zero-order chi connectivity index (χ0) is 11.0. The maximum atomic E-state index is 5.89. The quantitative estimate of drug-likeness (QED) is 0.550. The summed E-state index contributed by atoms with van der Waals surface area (Å²) in [5, 5.41) is 4.30. The van der Waals surface area contributed by atoms with Crippen molar-refractivity contribution in [3.63, 3.8) is 0 Å². The van der Waals surface area contributed by atoms with Gasteiger partial charge in [-0.15, -0.1) is 11.3 Å². The minimum Gasteiger partial charge on any atom is -0.143 e. The highest BCUT2D eigenvalue weighted by atomic mass is 35.5. The predicted octanol–water partition coefficient (Wildman–Crippen LogP) is 5.22. The molecule has 0 N–H and O–H groups in total. The number of rotatable bonds is 1. The highest BCUT2D eigenvalue weighted by Gasteiger charge is 2.04. The highest BCUT2D eigenvalue weighted by molar-refractivity contribution is 7.17. The van der Waals surface area contributed by atoms with Crippen LogP contribution in [0.1, 0.15) is 0 Å². The van der Waals surface area contributed by atoms with E-state index in [2.05, 4.69) is 41.8 Å². The lowest BCUT2D eigenvalue weighted by atomic mass is 10.1. The van der Waals surface area contributed by atoms with Crippen LogP contribution in [-0.4, -0.2) is 0 Å². The minimum atomic E-state index is 0.781. The zero-order valence-corrected chi connectivity index (χ0v) is 10.1. The Bertz CT molecular complexity index is 623. The van der Waals surface area contributed by atoms with Crippen LogP contribution in [0.5, 0.6) is 0 Å². The Labute approximate surface area is 103 Å². The van der Waals surface area contributed by atoms with Gasteiger partial charge >= 0.3 is 0 Å². The van der Waals surface area contributed by atoms with Gasteiger partial charge in [-0.1, -0.05) is 41.9 Å². The lowest BCUT2D eigenvalue weighted by molar-refractivity contribution is 1.68. The summed E-state index contributed by atoms with van der Waals surface area (Å²) in [4.78, 5) is 0. The molecule has 0 aliphatic heterocycles. The van der Waals surface area contributed by atoms with Crippen LogP contribution >= 0.6 is 22.9 Å². The summed E-state index contributed by atoms with van der Waals surface area (Å²) in [6.45, 7) is 0. The van der Waals surface area contributed by atoms with Gasteiger partial charge in [-0.3, -0.25) is 0 Å². The molecule has 78 valence electrons. The van der Waals surface area contributed by atoms with Crippen molar-refractivity contribution >= 4 is 33.0 Å². The molecule has 0 bridgehead atoms. The molecule has 0 atom stereocenters. The molecule has 3 aromatic rings. The van der Waals surface area contributed by atoms with E-state index in [1.54, 1.807) is 11.3 Å². The Balaban J connectivity index is 2.22. The van der Waals surface area contributed by atoms with E-state index < -0.39 is 0 Å². The number of benzene rings is 2. The number of hydrogen-bond donors (Lipinski definition) is 0. The number of fused-ring (bicyclic) bond motifs is 1. The molecule has 0 spiro atoms.